The molecule has 1 fully saturated rings. The Morgan fingerprint density at radius 2 is 1.80 bits per heavy atom. The van der Waals surface area contributed by atoms with Gasteiger partial charge in [-0.05, 0) is 43.3 Å². The first-order valence-corrected chi connectivity index (χ1v) is 9.71. The Morgan fingerprint density at radius 1 is 1.07 bits per heavy atom. The minimum Gasteiger partial charge on any atom is -0.322 e. The number of aromatic amines is 2. The molecule has 0 spiro atoms. The molecule has 1 unspecified atom stereocenters. The second kappa shape index (κ2) is 6.70. The van der Waals surface area contributed by atoms with E-state index in [1.807, 2.05) is 24.3 Å². The van der Waals surface area contributed by atoms with Crippen molar-refractivity contribution in [2.75, 3.05) is 4.90 Å². The molecular weight excluding hydrogens is 406 g/mol. The molecule has 150 valence electrons. The first kappa shape index (κ1) is 18.4. The molecule has 1 aliphatic heterocycles. The van der Waals surface area contributed by atoms with Crippen LogP contribution < -0.4 is 10.5 Å². The van der Waals surface area contributed by atoms with E-state index in [1.165, 1.54) is 4.68 Å². The summed E-state index contributed by atoms with van der Waals surface area (Å²) in [7, 11) is 0. The molecule has 2 aromatic carbocycles. The largest absolute Gasteiger partial charge is 0.322 e. The number of benzene rings is 2. The topological polar surface area (TPSA) is 104 Å². The van der Waals surface area contributed by atoms with Crippen LogP contribution in [0.2, 0.25) is 5.02 Å². The van der Waals surface area contributed by atoms with E-state index in [2.05, 4.69) is 15.1 Å². The summed E-state index contributed by atoms with van der Waals surface area (Å²) in [6.45, 7) is 1.71. The van der Waals surface area contributed by atoms with E-state index in [0.29, 0.717) is 27.9 Å². The summed E-state index contributed by atoms with van der Waals surface area (Å²) in [6.07, 6.45) is -0.0739. The maximum absolute atomic E-state index is 13.2. The van der Waals surface area contributed by atoms with Crippen molar-refractivity contribution < 1.29 is 9.59 Å². The molecule has 2 N–H and O–H groups in total. The Kier molecular flexibility index (Phi) is 4.11. The third kappa shape index (κ3) is 2.76. The van der Waals surface area contributed by atoms with Gasteiger partial charge in [0.15, 0.2) is 0 Å². The van der Waals surface area contributed by atoms with Gasteiger partial charge in [0, 0.05) is 17.1 Å². The van der Waals surface area contributed by atoms with Crippen molar-refractivity contribution in [1.29, 1.82) is 0 Å². The third-order valence-electron chi connectivity index (χ3n) is 5.29. The van der Waals surface area contributed by atoms with Crippen LogP contribution in [-0.4, -0.2) is 31.6 Å². The number of nitrogens with zero attached hydrogens (tertiary/aromatic N) is 3. The number of aryl methyl sites for hydroxylation is 1. The Hall–Kier alpha value is -3.65. The van der Waals surface area contributed by atoms with Gasteiger partial charge in [0.2, 0.25) is 17.8 Å². The minimum absolute atomic E-state index is 0.0739. The molecule has 2 amide bonds. The van der Waals surface area contributed by atoms with Crippen LogP contribution in [0, 0.1) is 6.92 Å². The molecule has 4 aromatic rings. The van der Waals surface area contributed by atoms with Crippen LogP contribution in [0.1, 0.15) is 23.6 Å². The molecular formula is C21H16ClN5O3. The number of nitrogens with one attached hydrogen (secondary N) is 2. The highest BCUT2D eigenvalue weighted by atomic mass is 35.5. The number of imidazole rings is 1. The van der Waals surface area contributed by atoms with Gasteiger partial charge in [-0.15, -0.1) is 0 Å². The number of amides is 2. The van der Waals surface area contributed by atoms with Crippen molar-refractivity contribution >= 4 is 40.1 Å². The Labute approximate surface area is 175 Å². The van der Waals surface area contributed by atoms with Crippen molar-refractivity contribution in [1.82, 2.24) is 19.7 Å². The molecule has 2 aromatic heterocycles. The van der Waals surface area contributed by atoms with Gasteiger partial charge in [-0.2, -0.15) is 4.68 Å². The highest BCUT2D eigenvalue weighted by molar-refractivity contribution is 6.30. The number of aromatic nitrogens is 4. The first-order valence-electron chi connectivity index (χ1n) is 9.33. The highest BCUT2D eigenvalue weighted by Gasteiger charge is 2.43. The molecule has 8 nitrogen and oxygen atoms in total. The number of anilines is 1. The van der Waals surface area contributed by atoms with Gasteiger partial charge < -0.3 is 4.98 Å². The normalized spacial score (nSPS) is 16.7. The van der Waals surface area contributed by atoms with Crippen molar-refractivity contribution in [2.45, 2.75) is 19.3 Å². The van der Waals surface area contributed by atoms with Crippen LogP contribution in [0.25, 0.3) is 17.0 Å². The van der Waals surface area contributed by atoms with E-state index < -0.39 is 17.4 Å². The van der Waals surface area contributed by atoms with Crippen molar-refractivity contribution in [3.05, 3.63) is 75.2 Å². The average molecular weight is 422 g/mol. The average Bonchev–Trinajstić information content (AvgIpc) is 3.36. The van der Waals surface area contributed by atoms with Gasteiger partial charge in [-0.25, -0.2) is 4.98 Å². The SMILES string of the molecule is Cc1[nH]n(-c2nc3ccccc3[nH]2)c(=O)c1C1CC(=O)N(c2ccc(Cl)cc2)C1=O. The van der Waals surface area contributed by atoms with Gasteiger partial charge in [0.25, 0.3) is 5.56 Å². The van der Waals surface area contributed by atoms with E-state index in [9.17, 15) is 14.4 Å². The van der Waals surface area contributed by atoms with Crippen LogP contribution in [0.5, 0.6) is 0 Å². The van der Waals surface area contributed by atoms with Crippen molar-refractivity contribution in [3.63, 3.8) is 0 Å². The smallest absolute Gasteiger partial charge is 0.278 e. The van der Waals surface area contributed by atoms with Crippen molar-refractivity contribution in [3.8, 4) is 5.95 Å². The molecule has 5 rings (SSSR count). The number of imide groups is 1. The Bertz CT molecular complexity index is 1330. The van der Waals surface area contributed by atoms with Gasteiger partial charge in [-0.1, -0.05) is 23.7 Å². The van der Waals surface area contributed by atoms with E-state index >= 15 is 0 Å². The molecule has 0 bridgehead atoms. The lowest BCUT2D eigenvalue weighted by Crippen LogP contribution is -2.31. The van der Waals surface area contributed by atoms with E-state index in [4.69, 9.17) is 11.6 Å². The molecule has 9 heteroatoms. The first-order chi connectivity index (χ1) is 14.4. The van der Waals surface area contributed by atoms with Crippen LogP contribution >= 0.6 is 11.6 Å². The fraction of sp³-hybridized carbons (Fsp3) is 0.143. The zero-order valence-electron chi connectivity index (χ0n) is 15.8. The predicted octanol–water partition coefficient (Wildman–Crippen LogP) is 3.05. The summed E-state index contributed by atoms with van der Waals surface area (Å²) < 4.78 is 1.27. The molecule has 30 heavy (non-hydrogen) atoms. The standard InChI is InChI=1S/C21H16ClN5O3/c1-11-18(14-10-17(28)26(19(14)29)13-8-6-12(22)7-9-13)20(30)27(25-11)21-23-15-4-2-3-5-16(15)24-21/h2-9,14,25H,10H2,1H3,(H,23,24). The molecule has 0 radical (unpaired) electrons. The fourth-order valence-electron chi connectivity index (χ4n) is 3.88. The van der Waals surface area contributed by atoms with E-state index in [0.717, 1.165) is 10.4 Å². The van der Waals surface area contributed by atoms with Gasteiger partial charge in [0.1, 0.15) is 0 Å². The van der Waals surface area contributed by atoms with Crippen LogP contribution in [0.15, 0.2) is 53.3 Å². The molecule has 1 atom stereocenters. The summed E-state index contributed by atoms with van der Waals surface area (Å²) >= 11 is 5.90. The van der Waals surface area contributed by atoms with Gasteiger partial charge in [-0.3, -0.25) is 24.4 Å². The highest BCUT2D eigenvalue weighted by Crippen LogP contribution is 2.33. The maximum Gasteiger partial charge on any atom is 0.278 e. The molecule has 1 saturated heterocycles. The van der Waals surface area contributed by atoms with E-state index in [-0.39, 0.29) is 17.9 Å². The molecule has 0 saturated carbocycles. The molecule has 0 aliphatic carbocycles. The third-order valence-corrected chi connectivity index (χ3v) is 5.54. The van der Waals surface area contributed by atoms with Crippen LogP contribution in [0.3, 0.4) is 0 Å². The number of fused-ring (bicyclic) bond motifs is 1. The fourth-order valence-corrected chi connectivity index (χ4v) is 4.01. The number of hydrogen-bond donors (Lipinski definition) is 2. The monoisotopic (exact) mass is 421 g/mol. The maximum atomic E-state index is 13.2. The predicted molar refractivity (Wildman–Crippen MR) is 112 cm³/mol. The number of rotatable bonds is 3. The zero-order chi connectivity index (χ0) is 21.0. The summed E-state index contributed by atoms with van der Waals surface area (Å²) in [5.41, 5.74) is 2.32. The van der Waals surface area contributed by atoms with Gasteiger partial charge >= 0.3 is 0 Å². The Balaban J connectivity index is 1.55. The second-order valence-corrected chi connectivity index (χ2v) is 7.61. The second-order valence-electron chi connectivity index (χ2n) is 7.17. The quantitative estimate of drug-likeness (QED) is 0.496. The number of carbonyl (C=O) groups is 2. The van der Waals surface area contributed by atoms with Crippen LogP contribution in [-0.2, 0) is 9.59 Å². The summed E-state index contributed by atoms with van der Waals surface area (Å²) in [6, 6.07) is 13.9. The molecule has 1 aliphatic rings. The number of hydrogen-bond acceptors (Lipinski definition) is 4. The number of carbonyl (C=O) groups excluding carboxylic acids is 2. The summed E-state index contributed by atoms with van der Waals surface area (Å²) in [5.74, 6) is -1.33. The summed E-state index contributed by atoms with van der Waals surface area (Å²) in [4.78, 5) is 47.5. The Morgan fingerprint density at radius 3 is 2.53 bits per heavy atom. The number of halogens is 1. The van der Waals surface area contributed by atoms with Gasteiger partial charge in [0.05, 0.1) is 28.2 Å². The lowest BCUT2D eigenvalue weighted by atomic mass is 9.98. The van der Waals surface area contributed by atoms with Crippen molar-refractivity contribution in [2.24, 2.45) is 0 Å². The lowest BCUT2D eigenvalue weighted by molar-refractivity contribution is -0.121. The number of para-hydroxylation sites is 2. The minimum atomic E-state index is -0.859. The lowest BCUT2D eigenvalue weighted by Gasteiger charge is -2.14. The van der Waals surface area contributed by atoms with E-state index in [1.54, 1.807) is 31.2 Å². The number of H-pyrrole nitrogens is 2. The van der Waals surface area contributed by atoms with Crippen LogP contribution in [0.4, 0.5) is 5.69 Å². The summed E-state index contributed by atoms with van der Waals surface area (Å²) in [5, 5.41) is 3.48. The molecule has 3 heterocycles. The zero-order valence-corrected chi connectivity index (χ0v) is 16.6.